The van der Waals surface area contributed by atoms with Crippen molar-refractivity contribution in [3.63, 3.8) is 0 Å². The van der Waals surface area contributed by atoms with Gasteiger partial charge in [-0.3, -0.25) is 4.70 Å². The van der Waals surface area contributed by atoms with Crippen molar-refractivity contribution >= 4 is 35.8 Å². The summed E-state index contributed by atoms with van der Waals surface area (Å²) in [5.41, 5.74) is -3.40. The van der Waals surface area contributed by atoms with Crippen LogP contribution in [0.4, 0.5) is 4.70 Å². The summed E-state index contributed by atoms with van der Waals surface area (Å²) in [6, 6.07) is 34.9. The van der Waals surface area contributed by atoms with Crippen molar-refractivity contribution in [3.05, 3.63) is 144 Å². The van der Waals surface area contributed by atoms with E-state index in [1.54, 1.807) is 118 Å². The minimum absolute atomic E-state index is 0. The first-order valence-electron chi connectivity index (χ1n) is 25.5. The number of aliphatic hydroxyl groups excluding tert-OH is 3. The monoisotopic (exact) mass is 1110 g/mol. The summed E-state index contributed by atoms with van der Waals surface area (Å²) in [4.78, 5) is 72.0. The zero-order valence-corrected chi connectivity index (χ0v) is 45.1. The summed E-state index contributed by atoms with van der Waals surface area (Å²) in [5.74, 6) is -3.61. The third kappa shape index (κ3) is 15.6. The van der Waals surface area contributed by atoms with Gasteiger partial charge in [0.05, 0.1) is 41.1 Å². The Morgan fingerprint density at radius 3 is 1.22 bits per heavy atom. The number of hydrogen-bond acceptors (Lipinski definition) is 18. The van der Waals surface area contributed by atoms with E-state index >= 15 is 0 Å². The maximum Gasteiger partial charge on any atom is 0.351 e. The number of hydrogen-bond donors (Lipinski definition) is 4. The molecule has 0 spiro atoms. The summed E-state index contributed by atoms with van der Waals surface area (Å²) >= 11 is 0. The predicted molar refractivity (Wildman–Crippen MR) is 292 cm³/mol. The molecule has 79 heavy (non-hydrogen) atoms. The quantitative estimate of drug-likeness (QED) is 0.0763. The molecule has 14 atom stereocenters. The molecule has 4 saturated heterocycles. The molecule has 0 saturated carbocycles. The molecular weight excluding hydrogens is 1030 g/mol. The van der Waals surface area contributed by atoms with E-state index in [0.29, 0.717) is 28.7 Å². The van der Waals surface area contributed by atoms with Crippen molar-refractivity contribution in [1.82, 2.24) is 0 Å². The van der Waals surface area contributed by atoms with Gasteiger partial charge in [0.1, 0.15) is 12.2 Å². The third-order valence-electron chi connectivity index (χ3n) is 14.7. The molecule has 19 heteroatoms. The van der Waals surface area contributed by atoms with Gasteiger partial charge in [0.2, 0.25) is 11.9 Å². The van der Waals surface area contributed by atoms with Crippen LogP contribution in [-0.2, 0) is 47.5 Å². The first-order valence-corrected chi connectivity index (χ1v) is 25.5. The van der Waals surface area contributed by atoms with Crippen LogP contribution in [0.2, 0.25) is 0 Å². The maximum absolute atomic E-state index is 12.6. The minimum atomic E-state index is -1.88. The molecule has 0 aliphatic carbocycles. The second-order valence-electron chi connectivity index (χ2n) is 19.8. The first-order chi connectivity index (χ1) is 35.9. The van der Waals surface area contributed by atoms with Gasteiger partial charge >= 0.3 is 35.8 Å². The van der Waals surface area contributed by atoms with Gasteiger partial charge < -0.3 is 58.3 Å². The van der Waals surface area contributed by atoms with E-state index in [1.807, 2.05) is 65.8 Å². The number of ether oxygens (including phenoxy) is 8. The molecule has 0 aromatic heterocycles. The molecule has 4 aromatic rings. The van der Waals surface area contributed by atoms with Crippen LogP contribution in [0.5, 0.6) is 0 Å². The average molecular weight is 1110 g/mol. The summed E-state index contributed by atoms with van der Waals surface area (Å²) in [6.07, 6.45) is -2.66. The Labute approximate surface area is 464 Å². The molecule has 2 unspecified atom stereocenters. The Balaban J connectivity index is 0.000000545. The molecule has 438 valence electrons. The van der Waals surface area contributed by atoms with E-state index in [-0.39, 0.29) is 57.0 Å². The fraction of sp³-hybridized carbons (Fsp3) is 0.500. The molecule has 0 bridgehead atoms. The highest BCUT2D eigenvalue weighted by Crippen LogP contribution is 2.43. The maximum atomic E-state index is 12.6. The van der Waals surface area contributed by atoms with Crippen molar-refractivity contribution in [3.8, 4) is 0 Å². The number of esters is 6. The molecular formula is C60H83FO18. The number of benzene rings is 4. The smallest absolute Gasteiger partial charge is 0.351 e. The van der Waals surface area contributed by atoms with Crippen molar-refractivity contribution < 1.29 is 93.2 Å². The zero-order chi connectivity index (χ0) is 56.2. The molecule has 4 fully saturated rings. The van der Waals surface area contributed by atoms with E-state index in [4.69, 9.17) is 43.4 Å². The highest BCUT2D eigenvalue weighted by atomic mass is 19.0. The predicted octanol–water partition coefficient (Wildman–Crippen LogP) is 8.86. The average Bonchev–Trinajstić information content (AvgIpc) is 3.97. The Morgan fingerprint density at radius 2 is 0.873 bits per heavy atom. The van der Waals surface area contributed by atoms with E-state index in [1.165, 1.54) is 0 Å². The summed E-state index contributed by atoms with van der Waals surface area (Å²) in [5, 5.41) is 36.9. The van der Waals surface area contributed by atoms with Crippen LogP contribution in [0.15, 0.2) is 121 Å². The number of cyclic esters (lactones) is 2. The van der Waals surface area contributed by atoms with Gasteiger partial charge in [-0.1, -0.05) is 129 Å². The highest BCUT2D eigenvalue weighted by Gasteiger charge is 2.57. The fourth-order valence-corrected chi connectivity index (χ4v) is 8.98. The number of aliphatic hydroxyl groups is 4. The van der Waals surface area contributed by atoms with Crippen molar-refractivity contribution in [1.29, 1.82) is 0 Å². The second kappa shape index (κ2) is 29.6. The molecule has 4 aromatic carbocycles. The molecule has 18 nitrogen and oxygen atoms in total. The van der Waals surface area contributed by atoms with Gasteiger partial charge in [0.25, 0.3) is 0 Å². The summed E-state index contributed by atoms with van der Waals surface area (Å²) in [6.45, 7) is 17.4. The fourth-order valence-electron chi connectivity index (χ4n) is 8.98. The highest BCUT2D eigenvalue weighted by molar-refractivity contribution is 5.93. The number of carbonyl (C=O) groups is 6. The second-order valence-corrected chi connectivity index (χ2v) is 19.8. The molecule has 4 heterocycles. The van der Waals surface area contributed by atoms with Crippen LogP contribution in [-0.4, -0.2) is 128 Å². The Kier molecular flexibility index (Phi) is 25.6. The van der Waals surface area contributed by atoms with Crippen LogP contribution in [0.3, 0.4) is 0 Å². The molecule has 0 radical (unpaired) electrons. The van der Waals surface area contributed by atoms with Crippen molar-refractivity contribution in [2.24, 2.45) is 17.8 Å². The summed E-state index contributed by atoms with van der Waals surface area (Å²) < 4.78 is 43.5. The summed E-state index contributed by atoms with van der Waals surface area (Å²) in [7, 11) is 0. The van der Waals surface area contributed by atoms with E-state index in [0.717, 1.165) is 19.8 Å². The van der Waals surface area contributed by atoms with E-state index in [2.05, 4.69) is 4.74 Å². The van der Waals surface area contributed by atoms with Crippen LogP contribution < -0.4 is 0 Å². The van der Waals surface area contributed by atoms with Gasteiger partial charge in [0, 0.05) is 19.2 Å². The molecule has 4 aliphatic rings. The van der Waals surface area contributed by atoms with Crippen LogP contribution in [0.1, 0.15) is 146 Å². The van der Waals surface area contributed by atoms with Gasteiger partial charge in [0.15, 0.2) is 29.2 Å². The van der Waals surface area contributed by atoms with Gasteiger partial charge in [-0.25, -0.2) is 28.8 Å². The number of halogens is 1. The largest absolute Gasteiger partial charge is 0.459 e. The lowest BCUT2D eigenvalue weighted by Gasteiger charge is -2.32. The topological polar surface area (TPSA) is 257 Å². The Bertz CT molecular complexity index is 2580. The molecule has 4 aliphatic heterocycles. The van der Waals surface area contributed by atoms with E-state index < -0.39 is 89.6 Å². The molecule has 4 N–H and O–H groups in total. The Hall–Kier alpha value is -6.61. The lowest BCUT2D eigenvalue weighted by atomic mass is 9.87. The van der Waals surface area contributed by atoms with Crippen molar-refractivity contribution in [2.45, 2.75) is 169 Å². The standard InChI is InChI=1S/C22H24O5.C15H20O4.C15H18O4.C6H10O5.2CH4.FH.H2/c1-4-18-15(2)22(3,27-20(24)17-13-9-6-10-14-17)21(25-18)26-19(23)16-11-7-5-8-12-16;2*1-4-12-10(2)15(3,14(17)18-12)19-13(16)11-8-6-5-7-9-11;1-6(10)4(8)3(2-7)11-5(6)9;;;;/h5-15,18,21H,4H2,1-3H3;5-10,12,14,17H,4H2,1-3H3;5-10,12H,4H2,1-3H3;3-4,7-8,10H,2H2,1H3;2*1H4;2*1H/t15-,18-,21?,22-;10-,12-,14?,15-;10-,12-,15-;3-,4-,6-;;;;/m1111..../s1/i;;;;;;;1+1. The van der Waals surface area contributed by atoms with Crippen LogP contribution in [0.25, 0.3) is 0 Å². The lowest BCUT2D eigenvalue weighted by molar-refractivity contribution is -0.169. The molecule has 8 rings (SSSR count). The lowest BCUT2D eigenvalue weighted by Crippen LogP contribution is -2.46. The Morgan fingerprint density at radius 1 is 0.519 bits per heavy atom. The number of rotatable bonds is 12. The van der Waals surface area contributed by atoms with Crippen molar-refractivity contribution in [2.75, 3.05) is 6.61 Å². The molecule has 0 amide bonds. The van der Waals surface area contributed by atoms with Gasteiger partial charge in [-0.15, -0.1) is 0 Å². The van der Waals surface area contributed by atoms with E-state index in [9.17, 15) is 39.0 Å². The number of carbonyl (C=O) groups excluding carboxylic acids is 6. The van der Waals surface area contributed by atoms with Gasteiger partial charge in [-0.2, -0.15) is 0 Å². The first kappa shape index (κ1) is 68.5. The minimum Gasteiger partial charge on any atom is -0.459 e. The van der Waals surface area contributed by atoms with Crippen LogP contribution >= 0.6 is 0 Å². The van der Waals surface area contributed by atoms with Crippen LogP contribution in [0, 0.1) is 17.8 Å². The zero-order valence-electron chi connectivity index (χ0n) is 45.1. The SMILES string of the molecule is C.C.CC[C@H]1OC(=O)[C@](C)(OC(=O)c2ccccc2)[C@@H]1C.CC[C@H]1OC(O)[C@](C)(OC(=O)c2ccccc2)[C@@H]1C.CC[C@H]1OC(OC(=O)c2ccccc2)[C@](C)(OC(=O)c2ccccc2)[C@@H]1C.C[C@]1(O)C(=O)O[C@H](CO)[C@H]1O.F.[2HH]. The third-order valence-corrected chi connectivity index (χ3v) is 14.7. The normalized spacial score (nSPS) is 30.9. The van der Waals surface area contributed by atoms with Gasteiger partial charge in [-0.05, 0) is 95.5 Å².